The van der Waals surface area contributed by atoms with Crippen LogP contribution in [0.2, 0.25) is 5.02 Å². The molecule has 0 unspecified atom stereocenters. The lowest BCUT2D eigenvalue weighted by Crippen LogP contribution is -2.27. The number of halogens is 1. The minimum Gasteiger partial charge on any atom is -0.487 e. The quantitative estimate of drug-likeness (QED) is 0.391. The zero-order valence-corrected chi connectivity index (χ0v) is 20.3. The fraction of sp³-hybridized carbons (Fsp3) is 0.280. The second-order valence-corrected chi connectivity index (χ2v) is 8.57. The van der Waals surface area contributed by atoms with Crippen molar-refractivity contribution in [1.29, 1.82) is 0 Å². The molecule has 8 nitrogen and oxygen atoms in total. The van der Waals surface area contributed by atoms with Crippen molar-refractivity contribution in [3.8, 4) is 17.0 Å². The first kappa shape index (κ1) is 23.5. The van der Waals surface area contributed by atoms with Crippen LogP contribution in [0.4, 0.5) is 4.79 Å². The van der Waals surface area contributed by atoms with Gasteiger partial charge in [-0.15, -0.1) is 0 Å². The van der Waals surface area contributed by atoms with Gasteiger partial charge in [0.1, 0.15) is 17.9 Å². The highest BCUT2D eigenvalue weighted by Gasteiger charge is 2.15. The van der Waals surface area contributed by atoms with Gasteiger partial charge < -0.3 is 14.8 Å². The second-order valence-electron chi connectivity index (χ2n) is 8.16. The van der Waals surface area contributed by atoms with Gasteiger partial charge in [-0.2, -0.15) is 5.10 Å². The van der Waals surface area contributed by atoms with Gasteiger partial charge in [-0.25, -0.2) is 9.78 Å². The van der Waals surface area contributed by atoms with Crippen LogP contribution in [0.15, 0.2) is 48.9 Å². The molecule has 4 rings (SSSR count). The van der Waals surface area contributed by atoms with Crippen LogP contribution in [-0.4, -0.2) is 31.9 Å². The number of nitrogens with one attached hydrogen (secondary N) is 1. The average molecular weight is 480 g/mol. The molecule has 9 heteroatoms. The smallest absolute Gasteiger partial charge is 0.407 e. The van der Waals surface area contributed by atoms with Crippen LogP contribution < -0.4 is 10.1 Å². The van der Waals surface area contributed by atoms with Crippen LogP contribution in [0.3, 0.4) is 0 Å². The van der Waals surface area contributed by atoms with Crippen molar-refractivity contribution < 1.29 is 14.3 Å². The molecular formula is C25H26ClN5O3. The molecule has 0 saturated heterocycles. The van der Waals surface area contributed by atoms with E-state index in [0.717, 1.165) is 39.0 Å². The number of para-hydroxylation sites is 1. The second kappa shape index (κ2) is 10.1. The fourth-order valence-corrected chi connectivity index (χ4v) is 3.94. The summed E-state index contributed by atoms with van der Waals surface area (Å²) >= 11 is 6.44. The minimum absolute atomic E-state index is 0.188. The molecule has 0 saturated carbocycles. The Labute approximate surface area is 202 Å². The zero-order chi connectivity index (χ0) is 24.2. The topological polar surface area (TPSA) is 91.2 Å². The highest BCUT2D eigenvalue weighted by Crippen LogP contribution is 2.33. The molecular weight excluding hydrogens is 454 g/mol. The van der Waals surface area contributed by atoms with Crippen molar-refractivity contribution in [2.45, 2.75) is 40.0 Å². The van der Waals surface area contributed by atoms with E-state index >= 15 is 0 Å². The number of carbonyl (C=O) groups excluding carboxylic acids is 1. The maximum Gasteiger partial charge on any atom is 0.407 e. The highest BCUT2D eigenvalue weighted by molar-refractivity contribution is 6.31. The van der Waals surface area contributed by atoms with Crippen molar-refractivity contribution in [2.24, 2.45) is 7.05 Å². The molecule has 0 aliphatic carbocycles. The van der Waals surface area contributed by atoms with Crippen LogP contribution >= 0.6 is 11.6 Å². The molecule has 34 heavy (non-hydrogen) atoms. The number of alkyl carbamates (subject to hydrolysis) is 1. The number of ether oxygens (including phenoxy) is 2. The zero-order valence-electron chi connectivity index (χ0n) is 19.5. The molecule has 3 heterocycles. The van der Waals surface area contributed by atoms with Crippen molar-refractivity contribution in [3.63, 3.8) is 0 Å². The summed E-state index contributed by atoms with van der Waals surface area (Å²) in [6.07, 6.45) is 4.28. The van der Waals surface area contributed by atoms with Gasteiger partial charge in [-0.05, 0) is 44.5 Å². The Morgan fingerprint density at radius 1 is 1.24 bits per heavy atom. The molecule has 0 spiro atoms. The van der Waals surface area contributed by atoms with Gasteiger partial charge in [0.25, 0.3) is 0 Å². The molecule has 4 aromatic rings. The molecule has 1 aromatic carbocycles. The molecule has 1 N–H and O–H groups in total. The standard InChI is InChI=1S/C25H26ClN5O3/c1-15(2)34-25(32)28-12-17-11-27-13-21(26)20(17)14-33-23-7-5-6-18-19(10-16(3)30-24(18)23)22-8-9-29-31(22)4/h5-11,13,15H,12,14H2,1-4H3,(H,28,32). The van der Waals surface area contributed by atoms with E-state index in [9.17, 15) is 4.79 Å². The van der Waals surface area contributed by atoms with E-state index in [0.29, 0.717) is 10.8 Å². The van der Waals surface area contributed by atoms with Crippen LogP contribution in [0.5, 0.6) is 5.75 Å². The number of rotatable bonds is 7. The van der Waals surface area contributed by atoms with Gasteiger partial charge in [0.05, 0.1) is 16.8 Å². The number of amides is 1. The Morgan fingerprint density at radius 2 is 2.06 bits per heavy atom. The van der Waals surface area contributed by atoms with Gasteiger partial charge in [0.2, 0.25) is 0 Å². The van der Waals surface area contributed by atoms with E-state index < -0.39 is 6.09 Å². The van der Waals surface area contributed by atoms with Crippen molar-refractivity contribution in [1.82, 2.24) is 25.1 Å². The van der Waals surface area contributed by atoms with E-state index in [1.165, 1.54) is 0 Å². The molecule has 0 aliphatic heterocycles. The summed E-state index contributed by atoms with van der Waals surface area (Å²) in [5.74, 6) is 0.635. The highest BCUT2D eigenvalue weighted by atomic mass is 35.5. The third-order valence-electron chi connectivity index (χ3n) is 5.26. The molecule has 0 atom stereocenters. The van der Waals surface area contributed by atoms with Crippen molar-refractivity contribution >= 4 is 28.6 Å². The Bertz CT molecular complexity index is 1340. The van der Waals surface area contributed by atoms with E-state index in [1.807, 2.05) is 49.0 Å². The summed E-state index contributed by atoms with van der Waals surface area (Å²) in [6, 6.07) is 9.86. The molecule has 1 amide bonds. The van der Waals surface area contributed by atoms with Crippen molar-refractivity contribution in [2.75, 3.05) is 0 Å². The van der Waals surface area contributed by atoms with E-state index in [-0.39, 0.29) is 19.3 Å². The summed E-state index contributed by atoms with van der Waals surface area (Å²) in [7, 11) is 1.91. The summed E-state index contributed by atoms with van der Waals surface area (Å²) < 4.78 is 13.2. The number of hydrogen-bond acceptors (Lipinski definition) is 6. The van der Waals surface area contributed by atoms with Gasteiger partial charge >= 0.3 is 6.09 Å². The number of hydrogen-bond donors (Lipinski definition) is 1. The van der Waals surface area contributed by atoms with Gasteiger partial charge in [0.15, 0.2) is 0 Å². The molecule has 3 aromatic heterocycles. The monoisotopic (exact) mass is 479 g/mol. The lowest BCUT2D eigenvalue weighted by atomic mass is 10.0. The number of aryl methyl sites for hydroxylation is 2. The SMILES string of the molecule is Cc1cc(-c2ccnn2C)c2cccc(OCc3c(Cl)cncc3CNC(=O)OC(C)C)c2n1. The lowest BCUT2D eigenvalue weighted by molar-refractivity contribution is 0.115. The van der Waals surface area contributed by atoms with Crippen LogP contribution in [0, 0.1) is 6.92 Å². The maximum absolute atomic E-state index is 11.9. The number of aromatic nitrogens is 4. The normalized spacial score (nSPS) is 11.1. The summed E-state index contributed by atoms with van der Waals surface area (Å²) in [4.78, 5) is 20.8. The first-order chi connectivity index (χ1) is 16.3. The van der Waals surface area contributed by atoms with Crippen LogP contribution in [0.1, 0.15) is 30.7 Å². The van der Waals surface area contributed by atoms with Gasteiger partial charge in [-0.1, -0.05) is 23.7 Å². The molecule has 0 fully saturated rings. The third kappa shape index (κ3) is 5.12. The summed E-state index contributed by atoms with van der Waals surface area (Å²) in [5.41, 5.74) is 5.13. The van der Waals surface area contributed by atoms with Gasteiger partial charge in [-0.3, -0.25) is 9.67 Å². The number of fused-ring (bicyclic) bond motifs is 1. The largest absolute Gasteiger partial charge is 0.487 e. The predicted molar refractivity (Wildman–Crippen MR) is 131 cm³/mol. The van der Waals surface area contributed by atoms with Crippen LogP contribution in [-0.2, 0) is 24.9 Å². The Hall–Kier alpha value is -3.65. The summed E-state index contributed by atoms with van der Waals surface area (Å²) in [5, 5.41) is 8.44. The number of benzene rings is 1. The number of nitrogens with zero attached hydrogens (tertiary/aromatic N) is 4. The summed E-state index contributed by atoms with van der Waals surface area (Å²) in [6.45, 7) is 5.94. The lowest BCUT2D eigenvalue weighted by Gasteiger charge is -2.16. The van der Waals surface area contributed by atoms with E-state index in [4.69, 9.17) is 26.1 Å². The third-order valence-corrected chi connectivity index (χ3v) is 5.59. The molecule has 0 radical (unpaired) electrons. The fourth-order valence-electron chi connectivity index (χ4n) is 3.71. The minimum atomic E-state index is -0.502. The van der Waals surface area contributed by atoms with Crippen LogP contribution in [0.25, 0.3) is 22.2 Å². The van der Waals surface area contributed by atoms with E-state index in [1.54, 1.807) is 32.4 Å². The molecule has 0 bridgehead atoms. The van der Waals surface area contributed by atoms with Gasteiger partial charge in [0, 0.05) is 54.4 Å². The Balaban J connectivity index is 1.62. The predicted octanol–water partition coefficient (Wildman–Crippen LogP) is 5.21. The number of carbonyl (C=O) groups is 1. The Kier molecular flexibility index (Phi) is 6.98. The first-order valence-electron chi connectivity index (χ1n) is 10.9. The van der Waals surface area contributed by atoms with E-state index in [2.05, 4.69) is 15.4 Å². The maximum atomic E-state index is 11.9. The van der Waals surface area contributed by atoms with Crippen molar-refractivity contribution in [3.05, 3.63) is 70.8 Å². The molecule has 0 aliphatic rings. The number of pyridine rings is 2. The average Bonchev–Trinajstić information content (AvgIpc) is 3.21. The molecule has 176 valence electrons. The Morgan fingerprint density at radius 3 is 2.79 bits per heavy atom. The first-order valence-corrected chi connectivity index (χ1v) is 11.3.